The number of carbonyl (C=O) groups is 2. The standard InChI is InChI=1S/C22H18N6O4/c23-20(29)18(12-13-4-6-15(7-5-13)28(31)32)26-22(30)16-2-1-3-17-19(16)27-21(25-17)14-8-10-24-11-9-14/h1-11,18H,12H2,(H2,23,29)(H,25,27)(H,26,30)/t18-/m0/s1. The zero-order chi connectivity index (χ0) is 22.7. The van der Waals surface area contributed by atoms with Gasteiger partial charge < -0.3 is 16.0 Å². The SMILES string of the molecule is NC(=O)[C@H](Cc1ccc([N+](=O)[O-])cc1)NC(=O)c1cccc2[nH]c(-c3ccncc3)nc12. The molecule has 0 unspecified atom stereocenters. The first kappa shape index (κ1) is 20.7. The summed E-state index contributed by atoms with van der Waals surface area (Å²) in [4.78, 5) is 46.9. The van der Waals surface area contributed by atoms with Crippen molar-refractivity contribution in [3.8, 4) is 11.4 Å². The van der Waals surface area contributed by atoms with E-state index in [2.05, 4.69) is 20.3 Å². The summed E-state index contributed by atoms with van der Waals surface area (Å²) in [5, 5.41) is 13.5. The van der Waals surface area contributed by atoms with E-state index in [0.29, 0.717) is 22.4 Å². The van der Waals surface area contributed by atoms with Gasteiger partial charge in [0.2, 0.25) is 5.91 Å². The second kappa shape index (κ2) is 8.64. The molecule has 0 bridgehead atoms. The summed E-state index contributed by atoms with van der Waals surface area (Å²) >= 11 is 0. The number of fused-ring (bicyclic) bond motifs is 1. The molecule has 0 aliphatic rings. The molecule has 10 heteroatoms. The van der Waals surface area contributed by atoms with Crippen molar-refractivity contribution in [3.05, 3.63) is 88.2 Å². The summed E-state index contributed by atoms with van der Waals surface area (Å²) in [7, 11) is 0. The monoisotopic (exact) mass is 430 g/mol. The minimum Gasteiger partial charge on any atom is -0.368 e. The second-order valence-electron chi connectivity index (χ2n) is 7.08. The third-order valence-electron chi connectivity index (χ3n) is 4.95. The molecule has 0 spiro atoms. The Morgan fingerprint density at radius 1 is 1.09 bits per heavy atom. The summed E-state index contributed by atoms with van der Waals surface area (Å²) < 4.78 is 0. The largest absolute Gasteiger partial charge is 0.368 e. The van der Waals surface area contributed by atoms with Gasteiger partial charge in [0.05, 0.1) is 16.0 Å². The first-order chi connectivity index (χ1) is 15.4. The Labute approximate surface area is 181 Å². The molecule has 4 N–H and O–H groups in total. The maximum atomic E-state index is 13.0. The number of primary amides is 1. The fraction of sp³-hybridized carbons (Fsp3) is 0.0909. The number of nitrogens with zero attached hydrogens (tertiary/aromatic N) is 3. The summed E-state index contributed by atoms with van der Waals surface area (Å²) in [5.74, 6) is -0.641. The van der Waals surface area contributed by atoms with Gasteiger partial charge in [0.25, 0.3) is 11.6 Å². The van der Waals surface area contributed by atoms with E-state index in [9.17, 15) is 19.7 Å². The van der Waals surface area contributed by atoms with Gasteiger partial charge in [-0.1, -0.05) is 18.2 Å². The van der Waals surface area contributed by atoms with Crippen LogP contribution >= 0.6 is 0 Å². The van der Waals surface area contributed by atoms with Gasteiger partial charge >= 0.3 is 0 Å². The number of H-pyrrole nitrogens is 1. The van der Waals surface area contributed by atoms with Gasteiger partial charge in [-0.3, -0.25) is 24.7 Å². The molecule has 32 heavy (non-hydrogen) atoms. The highest BCUT2D eigenvalue weighted by Crippen LogP contribution is 2.22. The van der Waals surface area contributed by atoms with Crippen LogP contribution in [0.15, 0.2) is 67.0 Å². The molecule has 0 aliphatic carbocycles. The maximum absolute atomic E-state index is 13.0. The van der Waals surface area contributed by atoms with E-state index in [1.165, 1.54) is 24.3 Å². The average Bonchev–Trinajstić information content (AvgIpc) is 3.24. The lowest BCUT2D eigenvalue weighted by Crippen LogP contribution is -2.45. The number of hydrogen-bond donors (Lipinski definition) is 3. The van der Waals surface area contributed by atoms with Crippen molar-refractivity contribution in [3.63, 3.8) is 0 Å². The summed E-state index contributed by atoms with van der Waals surface area (Å²) in [6.45, 7) is 0. The van der Waals surface area contributed by atoms with Crippen molar-refractivity contribution in [2.24, 2.45) is 5.73 Å². The number of aromatic nitrogens is 3. The number of nitro benzene ring substituents is 1. The molecule has 0 fully saturated rings. The number of para-hydroxylation sites is 1. The van der Waals surface area contributed by atoms with Crippen LogP contribution in [0.25, 0.3) is 22.4 Å². The van der Waals surface area contributed by atoms with Crippen molar-refractivity contribution in [2.45, 2.75) is 12.5 Å². The third-order valence-corrected chi connectivity index (χ3v) is 4.95. The van der Waals surface area contributed by atoms with Crippen LogP contribution in [0, 0.1) is 10.1 Å². The van der Waals surface area contributed by atoms with Gasteiger partial charge in [0.15, 0.2) is 0 Å². The minimum absolute atomic E-state index is 0.0661. The Morgan fingerprint density at radius 2 is 1.81 bits per heavy atom. The predicted octanol–water partition coefficient (Wildman–Crippen LogP) is 2.36. The lowest BCUT2D eigenvalue weighted by Gasteiger charge is -2.16. The summed E-state index contributed by atoms with van der Waals surface area (Å²) in [5.41, 5.74) is 8.27. The fourth-order valence-corrected chi connectivity index (χ4v) is 3.31. The highest BCUT2D eigenvalue weighted by molar-refractivity contribution is 6.06. The molecular formula is C22H18N6O4. The normalized spacial score (nSPS) is 11.8. The molecule has 0 radical (unpaired) electrons. The Balaban J connectivity index is 1.58. The van der Waals surface area contributed by atoms with E-state index in [1.54, 1.807) is 42.7 Å². The third kappa shape index (κ3) is 4.29. The fourth-order valence-electron chi connectivity index (χ4n) is 3.31. The van der Waals surface area contributed by atoms with Crippen molar-refractivity contribution < 1.29 is 14.5 Å². The van der Waals surface area contributed by atoms with Gasteiger partial charge in [0, 0.05) is 36.5 Å². The first-order valence-corrected chi connectivity index (χ1v) is 9.65. The van der Waals surface area contributed by atoms with Crippen LogP contribution in [0.3, 0.4) is 0 Å². The lowest BCUT2D eigenvalue weighted by molar-refractivity contribution is -0.384. The molecule has 4 aromatic rings. The van der Waals surface area contributed by atoms with Gasteiger partial charge in [0.1, 0.15) is 17.4 Å². The van der Waals surface area contributed by atoms with E-state index in [1.807, 2.05) is 0 Å². The molecule has 10 nitrogen and oxygen atoms in total. The van der Waals surface area contributed by atoms with E-state index in [-0.39, 0.29) is 17.7 Å². The minimum atomic E-state index is -1.00. The molecule has 160 valence electrons. The second-order valence-corrected chi connectivity index (χ2v) is 7.08. The molecule has 0 saturated carbocycles. The number of hydrogen-bond acceptors (Lipinski definition) is 6. The first-order valence-electron chi connectivity index (χ1n) is 9.65. The topological polar surface area (TPSA) is 157 Å². The molecule has 2 aromatic carbocycles. The van der Waals surface area contributed by atoms with Crippen LogP contribution in [0.4, 0.5) is 5.69 Å². The van der Waals surface area contributed by atoms with E-state index >= 15 is 0 Å². The number of rotatable bonds is 7. The van der Waals surface area contributed by atoms with Crippen molar-refractivity contribution >= 4 is 28.5 Å². The van der Waals surface area contributed by atoms with Crippen LogP contribution in [-0.4, -0.2) is 37.7 Å². The van der Waals surface area contributed by atoms with Gasteiger partial charge in [-0.05, 0) is 29.8 Å². The van der Waals surface area contributed by atoms with Gasteiger partial charge in [-0.15, -0.1) is 0 Å². The smallest absolute Gasteiger partial charge is 0.269 e. The number of non-ortho nitro benzene ring substituents is 1. The van der Waals surface area contributed by atoms with Crippen molar-refractivity contribution in [1.29, 1.82) is 0 Å². The molecule has 1 atom stereocenters. The highest BCUT2D eigenvalue weighted by Gasteiger charge is 2.22. The Hall–Kier alpha value is -4.60. The molecule has 2 heterocycles. The van der Waals surface area contributed by atoms with Crippen LogP contribution in [-0.2, 0) is 11.2 Å². The number of carbonyl (C=O) groups excluding carboxylic acids is 2. The number of imidazole rings is 1. The van der Waals surface area contributed by atoms with Crippen LogP contribution in [0.1, 0.15) is 15.9 Å². The summed E-state index contributed by atoms with van der Waals surface area (Å²) in [6, 6.07) is 13.4. The van der Waals surface area contributed by atoms with Crippen molar-refractivity contribution in [1.82, 2.24) is 20.3 Å². The zero-order valence-corrected chi connectivity index (χ0v) is 16.7. The number of pyridine rings is 1. The molecule has 0 saturated heterocycles. The average molecular weight is 430 g/mol. The lowest BCUT2D eigenvalue weighted by atomic mass is 10.0. The zero-order valence-electron chi connectivity index (χ0n) is 16.7. The molecule has 4 rings (SSSR count). The molecule has 2 amide bonds. The Bertz CT molecular complexity index is 1300. The van der Waals surface area contributed by atoms with Crippen LogP contribution in [0.5, 0.6) is 0 Å². The van der Waals surface area contributed by atoms with Crippen molar-refractivity contribution in [2.75, 3.05) is 0 Å². The van der Waals surface area contributed by atoms with Gasteiger partial charge in [-0.25, -0.2) is 4.98 Å². The molecule has 0 aliphatic heterocycles. The number of nitrogens with one attached hydrogen (secondary N) is 2. The number of benzene rings is 2. The number of amides is 2. The number of nitro groups is 1. The number of nitrogens with two attached hydrogens (primary N) is 1. The Morgan fingerprint density at radius 3 is 2.47 bits per heavy atom. The highest BCUT2D eigenvalue weighted by atomic mass is 16.6. The van der Waals surface area contributed by atoms with E-state index < -0.39 is 22.8 Å². The van der Waals surface area contributed by atoms with E-state index in [4.69, 9.17) is 5.73 Å². The van der Waals surface area contributed by atoms with E-state index in [0.717, 1.165) is 5.56 Å². The quantitative estimate of drug-likeness (QED) is 0.302. The number of aromatic amines is 1. The summed E-state index contributed by atoms with van der Waals surface area (Å²) in [6.07, 6.45) is 3.38. The van der Waals surface area contributed by atoms with Crippen LogP contribution in [0.2, 0.25) is 0 Å². The molecule has 2 aromatic heterocycles. The maximum Gasteiger partial charge on any atom is 0.269 e. The Kier molecular flexibility index (Phi) is 5.58. The van der Waals surface area contributed by atoms with Crippen LogP contribution < -0.4 is 11.1 Å². The predicted molar refractivity (Wildman–Crippen MR) is 117 cm³/mol. The van der Waals surface area contributed by atoms with Gasteiger partial charge in [-0.2, -0.15) is 0 Å². The molecular weight excluding hydrogens is 412 g/mol.